The lowest BCUT2D eigenvalue weighted by molar-refractivity contribution is 0.0951. The Bertz CT molecular complexity index is 1200. The monoisotopic (exact) mass is 479 g/mol. The van der Waals surface area contributed by atoms with Gasteiger partial charge in [0.2, 0.25) is 10.0 Å². The van der Waals surface area contributed by atoms with Crippen LogP contribution in [0, 0.1) is 6.92 Å². The van der Waals surface area contributed by atoms with Gasteiger partial charge in [0.25, 0.3) is 5.91 Å². The van der Waals surface area contributed by atoms with Gasteiger partial charge in [-0.2, -0.15) is 0 Å². The second kappa shape index (κ2) is 11.2. The van der Waals surface area contributed by atoms with E-state index in [2.05, 4.69) is 36.2 Å². The molecule has 0 saturated heterocycles. The van der Waals surface area contributed by atoms with Gasteiger partial charge < -0.3 is 10.2 Å². The van der Waals surface area contributed by atoms with Gasteiger partial charge in [-0.1, -0.05) is 36.4 Å². The number of amides is 1. The van der Waals surface area contributed by atoms with Gasteiger partial charge >= 0.3 is 0 Å². The van der Waals surface area contributed by atoms with Crippen molar-refractivity contribution in [3.05, 3.63) is 95.1 Å². The molecule has 0 saturated carbocycles. The minimum Gasteiger partial charge on any atom is -0.372 e. The van der Waals surface area contributed by atoms with Crippen molar-refractivity contribution in [2.24, 2.45) is 0 Å². The topological polar surface area (TPSA) is 69.7 Å². The van der Waals surface area contributed by atoms with Crippen LogP contribution in [0.15, 0.2) is 72.8 Å². The van der Waals surface area contributed by atoms with Gasteiger partial charge in [-0.05, 0) is 73.9 Å². The summed E-state index contributed by atoms with van der Waals surface area (Å²) in [5.74, 6) is -0.168. The Labute approximate surface area is 203 Å². The van der Waals surface area contributed by atoms with E-state index in [1.807, 2.05) is 37.3 Å². The molecule has 0 fully saturated rings. The number of nitrogens with zero attached hydrogens (tertiary/aromatic N) is 2. The van der Waals surface area contributed by atoms with Crippen LogP contribution in [0.1, 0.15) is 40.9 Å². The molecular formula is C27H33N3O3S. The van der Waals surface area contributed by atoms with E-state index in [4.69, 9.17) is 0 Å². The van der Waals surface area contributed by atoms with Gasteiger partial charge in [-0.3, -0.25) is 9.10 Å². The summed E-state index contributed by atoms with van der Waals surface area (Å²) in [6.45, 7) is 8.73. The Kier molecular flexibility index (Phi) is 8.34. The smallest absolute Gasteiger partial charge is 0.251 e. The highest BCUT2D eigenvalue weighted by Crippen LogP contribution is 2.22. The normalized spacial score (nSPS) is 11.2. The zero-order valence-electron chi connectivity index (χ0n) is 20.3. The van der Waals surface area contributed by atoms with Crippen LogP contribution in [-0.4, -0.2) is 33.7 Å². The van der Waals surface area contributed by atoms with Crippen molar-refractivity contribution in [3.8, 4) is 0 Å². The van der Waals surface area contributed by atoms with Crippen LogP contribution in [0.2, 0.25) is 0 Å². The highest BCUT2D eigenvalue weighted by Gasteiger charge is 2.18. The number of carbonyl (C=O) groups is 1. The molecule has 3 aromatic carbocycles. The van der Waals surface area contributed by atoms with Crippen LogP contribution in [0.3, 0.4) is 0 Å². The number of nitrogens with one attached hydrogen (secondary N) is 1. The predicted molar refractivity (Wildman–Crippen MR) is 140 cm³/mol. The van der Waals surface area contributed by atoms with Gasteiger partial charge in [-0.25, -0.2) is 8.42 Å². The third-order valence-corrected chi connectivity index (χ3v) is 6.89. The first-order chi connectivity index (χ1) is 16.2. The number of benzene rings is 3. The molecule has 1 N–H and O–H groups in total. The van der Waals surface area contributed by atoms with E-state index in [0.29, 0.717) is 17.8 Å². The molecule has 0 aliphatic carbocycles. The first-order valence-corrected chi connectivity index (χ1v) is 13.3. The highest BCUT2D eigenvalue weighted by molar-refractivity contribution is 7.92. The van der Waals surface area contributed by atoms with E-state index in [0.717, 1.165) is 29.8 Å². The molecule has 3 aromatic rings. The molecule has 1 amide bonds. The van der Waals surface area contributed by atoms with Crippen molar-refractivity contribution in [1.29, 1.82) is 0 Å². The fourth-order valence-electron chi connectivity index (χ4n) is 3.81. The Morgan fingerprint density at radius 2 is 1.47 bits per heavy atom. The first-order valence-electron chi connectivity index (χ1n) is 11.5. The van der Waals surface area contributed by atoms with E-state index in [1.165, 1.54) is 16.2 Å². The van der Waals surface area contributed by atoms with Gasteiger partial charge in [0.05, 0.1) is 18.5 Å². The summed E-state index contributed by atoms with van der Waals surface area (Å²) in [5, 5.41) is 2.95. The lowest BCUT2D eigenvalue weighted by atomic mass is 10.1. The van der Waals surface area contributed by atoms with Crippen LogP contribution in [-0.2, 0) is 23.1 Å². The maximum Gasteiger partial charge on any atom is 0.251 e. The second-order valence-electron chi connectivity index (χ2n) is 8.33. The van der Waals surface area contributed by atoms with E-state index in [1.54, 1.807) is 30.3 Å². The number of hydrogen-bond acceptors (Lipinski definition) is 4. The van der Waals surface area contributed by atoms with Crippen molar-refractivity contribution >= 4 is 27.3 Å². The average Bonchev–Trinajstić information content (AvgIpc) is 2.82. The maximum atomic E-state index is 12.6. The summed E-state index contributed by atoms with van der Waals surface area (Å²) in [4.78, 5) is 14.9. The summed E-state index contributed by atoms with van der Waals surface area (Å²) in [6.07, 6.45) is 1.20. The van der Waals surface area contributed by atoms with E-state index >= 15 is 0 Å². The third kappa shape index (κ3) is 6.60. The number of sulfonamides is 1. The summed E-state index contributed by atoms with van der Waals surface area (Å²) in [7, 11) is -3.46. The molecule has 0 bridgehead atoms. The minimum atomic E-state index is -3.46. The lowest BCUT2D eigenvalue weighted by Crippen LogP contribution is -2.29. The molecule has 180 valence electrons. The molecule has 0 heterocycles. The first kappa shape index (κ1) is 25.3. The van der Waals surface area contributed by atoms with Crippen LogP contribution >= 0.6 is 0 Å². The van der Waals surface area contributed by atoms with Crippen molar-refractivity contribution in [3.63, 3.8) is 0 Å². The molecule has 7 heteroatoms. The van der Waals surface area contributed by atoms with Gasteiger partial charge in [0, 0.05) is 30.9 Å². The van der Waals surface area contributed by atoms with E-state index < -0.39 is 10.0 Å². The molecule has 0 aromatic heterocycles. The highest BCUT2D eigenvalue weighted by atomic mass is 32.2. The largest absolute Gasteiger partial charge is 0.372 e. The van der Waals surface area contributed by atoms with E-state index in [-0.39, 0.29) is 12.5 Å². The molecule has 0 atom stereocenters. The maximum absolute atomic E-state index is 12.6. The Morgan fingerprint density at radius 1 is 0.853 bits per heavy atom. The number of carbonyl (C=O) groups excluding carboxylic acids is 1. The lowest BCUT2D eigenvalue weighted by Gasteiger charge is -2.23. The number of aryl methyl sites for hydroxylation is 1. The standard InChI is InChI=1S/C27H33N3O3S/c1-5-29(6-2)25-16-12-22(13-17-25)19-28-27(31)24-14-10-23(11-15-24)20-30(34(4,32)33)26-9-7-8-21(3)18-26/h7-18H,5-6,19-20H2,1-4H3,(H,28,31). The molecule has 0 aliphatic rings. The summed E-state index contributed by atoms with van der Waals surface area (Å²) in [5.41, 5.74) is 5.14. The molecule has 0 radical (unpaired) electrons. The van der Waals surface area contributed by atoms with Crippen LogP contribution in [0.25, 0.3) is 0 Å². The Hall–Kier alpha value is -3.32. The van der Waals surface area contributed by atoms with Gasteiger partial charge in [-0.15, -0.1) is 0 Å². The zero-order valence-corrected chi connectivity index (χ0v) is 21.1. The predicted octanol–water partition coefficient (Wildman–Crippen LogP) is 4.74. The quantitative estimate of drug-likeness (QED) is 0.456. The fraction of sp³-hybridized carbons (Fsp3) is 0.296. The number of hydrogen-bond donors (Lipinski definition) is 1. The van der Waals surface area contributed by atoms with Crippen molar-refractivity contribution < 1.29 is 13.2 Å². The number of rotatable bonds is 10. The molecular weight excluding hydrogens is 446 g/mol. The van der Waals surface area contributed by atoms with Gasteiger partial charge in [0.15, 0.2) is 0 Å². The van der Waals surface area contributed by atoms with Crippen molar-refractivity contribution in [2.45, 2.75) is 33.9 Å². The number of anilines is 2. The fourth-order valence-corrected chi connectivity index (χ4v) is 4.69. The molecule has 3 rings (SSSR count). The zero-order chi connectivity index (χ0) is 24.7. The molecule has 0 aliphatic heterocycles. The summed E-state index contributed by atoms with van der Waals surface area (Å²) >= 11 is 0. The van der Waals surface area contributed by atoms with Gasteiger partial charge in [0.1, 0.15) is 0 Å². The molecule has 0 spiro atoms. The van der Waals surface area contributed by atoms with Crippen molar-refractivity contribution in [2.75, 3.05) is 28.6 Å². The third-order valence-electron chi connectivity index (χ3n) is 5.75. The van der Waals surface area contributed by atoms with Crippen LogP contribution in [0.5, 0.6) is 0 Å². The molecule has 34 heavy (non-hydrogen) atoms. The summed E-state index contributed by atoms with van der Waals surface area (Å²) in [6, 6.07) is 22.6. The molecule has 6 nitrogen and oxygen atoms in total. The van der Waals surface area contributed by atoms with Crippen molar-refractivity contribution in [1.82, 2.24) is 5.32 Å². The molecule has 0 unspecified atom stereocenters. The average molecular weight is 480 g/mol. The minimum absolute atomic E-state index is 0.168. The van der Waals surface area contributed by atoms with E-state index in [9.17, 15) is 13.2 Å². The van der Waals surface area contributed by atoms with Crippen LogP contribution < -0.4 is 14.5 Å². The SMILES string of the molecule is CCN(CC)c1ccc(CNC(=O)c2ccc(CN(c3cccc(C)c3)S(C)(=O)=O)cc2)cc1. The summed E-state index contributed by atoms with van der Waals surface area (Å²) < 4.78 is 26.2. The Balaban J connectivity index is 1.63. The second-order valence-corrected chi connectivity index (χ2v) is 10.2. The Morgan fingerprint density at radius 3 is 2.03 bits per heavy atom. The van der Waals surface area contributed by atoms with Crippen LogP contribution in [0.4, 0.5) is 11.4 Å².